The van der Waals surface area contributed by atoms with E-state index in [0.29, 0.717) is 64.7 Å². The van der Waals surface area contributed by atoms with Crippen LogP contribution in [0.25, 0.3) is 32.6 Å². The zero-order valence-electron chi connectivity index (χ0n) is 26.3. The molecule has 3 heterocycles. The summed E-state index contributed by atoms with van der Waals surface area (Å²) in [6, 6.07) is 17.3. The van der Waals surface area contributed by atoms with Crippen molar-refractivity contribution in [1.82, 2.24) is 30.9 Å². The Bertz CT molecular complexity index is 1910. The minimum Gasteiger partial charge on any atom is -0.481 e. The van der Waals surface area contributed by atoms with Gasteiger partial charge < -0.3 is 35.9 Å². The molecule has 0 bridgehead atoms. The van der Waals surface area contributed by atoms with Gasteiger partial charge in [-0.15, -0.1) is 11.3 Å². The van der Waals surface area contributed by atoms with Crippen LogP contribution < -0.4 is 26.0 Å². The van der Waals surface area contributed by atoms with Crippen molar-refractivity contribution in [1.29, 1.82) is 0 Å². The number of hydrogen-bond donors (Lipinski definition) is 5. The first-order valence-electron chi connectivity index (χ1n) is 15.2. The van der Waals surface area contributed by atoms with Gasteiger partial charge in [0.15, 0.2) is 5.82 Å². The van der Waals surface area contributed by atoms with E-state index in [4.69, 9.17) is 38.0 Å². The first-order chi connectivity index (χ1) is 23.3. The number of aromatic nitrogens is 3. The van der Waals surface area contributed by atoms with Crippen molar-refractivity contribution >= 4 is 68.5 Å². The molecule has 2 aromatic carbocycles. The average molecular weight is 709 g/mol. The zero-order chi connectivity index (χ0) is 34.0. The third-order valence-electron chi connectivity index (χ3n) is 7.60. The molecule has 0 fully saturated rings. The fourth-order valence-electron chi connectivity index (χ4n) is 5.18. The van der Waals surface area contributed by atoms with Gasteiger partial charge in [-0.1, -0.05) is 59.6 Å². The van der Waals surface area contributed by atoms with Gasteiger partial charge in [-0.05, 0) is 31.7 Å². The minimum absolute atomic E-state index is 0.152. The maximum Gasteiger partial charge on any atom is 0.317 e. The maximum atomic E-state index is 10.9. The summed E-state index contributed by atoms with van der Waals surface area (Å²) >= 11 is 15.5. The SMILES string of the molecule is CN[C@@H](CCC=O)CNCc1ccc(-c2cccc(-c3cccc(Nc4nccc5sc(CNCC(=O)O)nc45)c3Cl)c2Cl)nc1OC. The number of methoxy groups -OCH3 is 1. The highest BCUT2D eigenvalue weighted by molar-refractivity contribution is 7.18. The first-order valence-corrected chi connectivity index (χ1v) is 16.8. The lowest BCUT2D eigenvalue weighted by Crippen LogP contribution is -2.36. The molecule has 0 aliphatic carbocycles. The summed E-state index contributed by atoms with van der Waals surface area (Å²) in [6.07, 6.45) is 3.89. The Morgan fingerprint density at radius 1 is 1.00 bits per heavy atom. The molecule has 0 saturated heterocycles. The van der Waals surface area contributed by atoms with Gasteiger partial charge >= 0.3 is 5.97 Å². The molecule has 1 atom stereocenters. The summed E-state index contributed by atoms with van der Waals surface area (Å²) < 4.78 is 6.55. The van der Waals surface area contributed by atoms with Crippen LogP contribution in [0.5, 0.6) is 5.88 Å². The van der Waals surface area contributed by atoms with Gasteiger partial charge in [0.1, 0.15) is 16.8 Å². The predicted octanol–water partition coefficient (Wildman–Crippen LogP) is 6.31. The van der Waals surface area contributed by atoms with Crippen molar-refractivity contribution in [2.45, 2.75) is 32.0 Å². The second-order valence-electron chi connectivity index (χ2n) is 10.8. The van der Waals surface area contributed by atoms with Gasteiger partial charge in [0, 0.05) is 60.5 Å². The highest BCUT2D eigenvalue weighted by Crippen LogP contribution is 2.42. The van der Waals surface area contributed by atoms with Gasteiger partial charge in [0.25, 0.3) is 0 Å². The topological polar surface area (TPSA) is 150 Å². The highest BCUT2D eigenvalue weighted by Gasteiger charge is 2.18. The molecule has 0 aliphatic heterocycles. The molecule has 3 aromatic heterocycles. The number of thiazole rings is 1. The van der Waals surface area contributed by atoms with Gasteiger partial charge in [-0.2, -0.15) is 0 Å². The Kier molecular flexibility index (Phi) is 12.3. The van der Waals surface area contributed by atoms with Crippen LogP contribution in [0.1, 0.15) is 23.4 Å². The minimum atomic E-state index is -0.930. The van der Waals surface area contributed by atoms with E-state index < -0.39 is 5.97 Å². The highest BCUT2D eigenvalue weighted by atomic mass is 35.5. The van der Waals surface area contributed by atoms with E-state index in [1.54, 1.807) is 13.3 Å². The second kappa shape index (κ2) is 16.8. The lowest BCUT2D eigenvalue weighted by molar-refractivity contribution is -0.136. The first kappa shape index (κ1) is 35.1. The van der Waals surface area contributed by atoms with Crippen LogP contribution in [-0.4, -0.2) is 65.6 Å². The van der Waals surface area contributed by atoms with Crippen molar-refractivity contribution in [3.05, 3.63) is 81.4 Å². The molecule has 0 spiro atoms. The number of carboxylic acids is 1. The third kappa shape index (κ3) is 8.45. The number of carbonyl (C=O) groups excluding carboxylic acids is 1. The molecule has 48 heavy (non-hydrogen) atoms. The molecule has 14 heteroatoms. The molecule has 0 amide bonds. The molecule has 11 nitrogen and oxygen atoms in total. The number of nitrogens with one attached hydrogen (secondary N) is 4. The number of halogens is 2. The number of rotatable bonds is 17. The van der Waals surface area contributed by atoms with Crippen molar-refractivity contribution in [3.8, 4) is 28.3 Å². The number of carbonyl (C=O) groups is 2. The lowest BCUT2D eigenvalue weighted by Gasteiger charge is -2.17. The zero-order valence-corrected chi connectivity index (χ0v) is 28.7. The molecular formula is C34H35Cl2N7O4S. The average Bonchev–Trinajstić information content (AvgIpc) is 3.51. The van der Waals surface area contributed by atoms with Crippen LogP contribution >= 0.6 is 34.5 Å². The standard InChI is InChI=1S/C34H35Cl2N7O4S/c1-37-21(6-5-15-44)17-38-16-20-11-12-25(42-34(20)47-2)24-9-3-7-22(30(24)35)23-8-4-10-26(31(23)36)41-33-32-27(13-14-40-33)48-28(43-32)18-39-19-29(45)46/h3-4,7-15,21,37-39H,5-6,16-19H2,1-2H3,(H,40,41)(H,45,46)/t21-/m0/s1. The Hall–Kier alpha value is -4.17. The largest absolute Gasteiger partial charge is 0.481 e. The molecule has 0 radical (unpaired) electrons. The fraction of sp³-hybridized carbons (Fsp3) is 0.265. The second-order valence-corrected chi connectivity index (χ2v) is 12.7. The number of aliphatic carboxylic acids is 1. The van der Waals surface area contributed by atoms with E-state index in [1.807, 2.05) is 61.6 Å². The Morgan fingerprint density at radius 3 is 2.52 bits per heavy atom. The quantitative estimate of drug-likeness (QED) is 0.0692. The van der Waals surface area contributed by atoms with E-state index >= 15 is 0 Å². The predicted molar refractivity (Wildman–Crippen MR) is 192 cm³/mol. The van der Waals surface area contributed by atoms with Crippen molar-refractivity contribution < 1.29 is 19.4 Å². The number of hydrogen-bond acceptors (Lipinski definition) is 11. The number of pyridine rings is 2. The number of carboxylic acid groups (broad SMARTS) is 1. The van der Waals surface area contributed by atoms with Crippen LogP contribution in [0.2, 0.25) is 10.0 Å². The lowest BCUT2D eigenvalue weighted by atomic mass is 10.00. The fourth-order valence-corrected chi connectivity index (χ4v) is 6.71. The van der Waals surface area contributed by atoms with Crippen molar-refractivity contribution in [2.24, 2.45) is 0 Å². The van der Waals surface area contributed by atoms with E-state index in [1.165, 1.54) is 11.3 Å². The summed E-state index contributed by atoms with van der Waals surface area (Å²) in [7, 11) is 3.47. The van der Waals surface area contributed by atoms with E-state index in [2.05, 4.69) is 31.2 Å². The summed E-state index contributed by atoms with van der Waals surface area (Å²) in [5.74, 6) is 0.0881. The van der Waals surface area contributed by atoms with Gasteiger partial charge in [0.2, 0.25) is 5.88 Å². The molecular weight excluding hydrogens is 673 g/mol. The monoisotopic (exact) mass is 707 g/mol. The molecule has 5 aromatic rings. The van der Waals surface area contributed by atoms with Crippen LogP contribution in [0.3, 0.4) is 0 Å². The van der Waals surface area contributed by atoms with Crippen LogP contribution in [-0.2, 0) is 22.7 Å². The normalized spacial score (nSPS) is 11.8. The number of benzene rings is 2. The number of ether oxygens (including phenoxy) is 1. The van der Waals surface area contributed by atoms with Gasteiger partial charge in [-0.25, -0.2) is 15.0 Å². The van der Waals surface area contributed by atoms with E-state index in [-0.39, 0.29) is 12.6 Å². The van der Waals surface area contributed by atoms with Crippen LogP contribution in [0, 0.1) is 0 Å². The summed E-state index contributed by atoms with van der Waals surface area (Å²) in [5.41, 5.74) is 5.01. The molecule has 0 aliphatic rings. The summed E-state index contributed by atoms with van der Waals surface area (Å²) in [6.45, 7) is 1.42. The Balaban J connectivity index is 1.37. The summed E-state index contributed by atoms with van der Waals surface area (Å²) in [5, 5.41) is 23.4. The molecule has 250 valence electrons. The number of likely N-dealkylation sites (N-methyl/N-ethyl adjacent to an activating group) is 1. The van der Waals surface area contributed by atoms with Crippen LogP contribution in [0.4, 0.5) is 11.5 Å². The van der Waals surface area contributed by atoms with Crippen LogP contribution in [0.15, 0.2) is 60.8 Å². The number of aldehydes is 1. The Labute approximate surface area is 292 Å². The van der Waals surface area contributed by atoms with E-state index in [0.717, 1.165) is 44.7 Å². The van der Waals surface area contributed by atoms with Gasteiger partial charge in [-0.3, -0.25) is 4.79 Å². The smallest absolute Gasteiger partial charge is 0.317 e. The van der Waals surface area contributed by atoms with Crippen molar-refractivity contribution in [3.63, 3.8) is 0 Å². The maximum absolute atomic E-state index is 10.9. The molecule has 0 unspecified atom stereocenters. The number of nitrogens with zero attached hydrogens (tertiary/aromatic N) is 3. The summed E-state index contributed by atoms with van der Waals surface area (Å²) in [4.78, 5) is 35.6. The molecule has 5 rings (SSSR count). The number of fused-ring (bicyclic) bond motifs is 1. The van der Waals surface area contributed by atoms with E-state index in [9.17, 15) is 9.59 Å². The van der Waals surface area contributed by atoms with Crippen molar-refractivity contribution in [2.75, 3.05) is 32.6 Å². The number of anilines is 2. The molecule has 5 N–H and O–H groups in total. The molecule has 0 saturated carbocycles. The Morgan fingerprint density at radius 2 is 1.77 bits per heavy atom. The third-order valence-corrected chi connectivity index (χ3v) is 9.44. The van der Waals surface area contributed by atoms with Gasteiger partial charge in [0.05, 0.1) is 39.8 Å².